The van der Waals surface area contributed by atoms with Crippen LogP contribution in [-0.2, 0) is 38.0 Å². The van der Waals surface area contributed by atoms with Gasteiger partial charge in [0.05, 0.1) is 25.4 Å². The van der Waals surface area contributed by atoms with Crippen molar-refractivity contribution in [1.29, 1.82) is 0 Å². The van der Waals surface area contributed by atoms with Crippen LogP contribution in [0.1, 0.15) is 46.5 Å². The van der Waals surface area contributed by atoms with E-state index in [2.05, 4.69) is 4.74 Å². The van der Waals surface area contributed by atoms with Gasteiger partial charge in [0.25, 0.3) is 0 Å². The van der Waals surface area contributed by atoms with Crippen LogP contribution in [0.4, 0.5) is 0 Å². The molecule has 3 saturated heterocycles. The number of unbranched alkanes of at least 4 members (excludes halogenated alkanes) is 2. The van der Waals surface area contributed by atoms with Gasteiger partial charge in [0, 0.05) is 13.0 Å². The molecule has 0 aromatic carbocycles. The molecule has 3 rings (SSSR count). The van der Waals surface area contributed by atoms with Crippen LogP contribution >= 0.6 is 0 Å². The van der Waals surface area contributed by atoms with E-state index >= 15 is 0 Å². The van der Waals surface area contributed by atoms with Crippen LogP contribution < -0.4 is 0 Å². The van der Waals surface area contributed by atoms with Crippen LogP contribution in [0.5, 0.6) is 0 Å². The second kappa shape index (κ2) is 14.9. The van der Waals surface area contributed by atoms with Crippen molar-refractivity contribution in [1.82, 2.24) is 0 Å². The van der Waals surface area contributed by atoms with Gasteiger partial charge in [-0.2, -0.15) is 0 Å². The highest BCUT2D eigenvalue weighted by Gasteiger charge is 2.52. The Kier molecular flexibility index (Phi) is 12.5. The minimum absolute atomic E-state index is 0.180. The third-order valence-electron chi connectivity index (χ3n) is 7.49. The van der Waals surface area contributed by atoms with Gasteiger partial charge in [-0.25, -0.2) is 0 Å². The van der Waals surface area contributed by atoms with Crippen LogP contribution in [0.3, 0.4) is 0 Å². The summed E-state index contributed by atoms with van der Waals surface area (Å²) in [5, 5.41) is 73.2. The van der Waals surface area contributed by atoms with E-state index in [0.717, 1.165) is 0 Å². The van der Waals surface area contributed by atoms with Gasteiger partial charge >= 0.3 is 5.97 Å². The van der Waals surface area contributed by atoms with Crippen molar-refractivity contribution in [2.45, 2.75) is 139 Å². The quantitative estimate of drug-likeness (QED) is 0.0967. The first-order chi connectivity index (χ1) is 18.9. The van der Waals surface area contributed by atoms with E-state index in [9.17, 15) is 40.5 Å². The molecule has 0 saturated carbocycles. The number of aliphatic hydroxyl groups excluding tert-OH is 7. The predicted octanol–water partition coefficient (Wildman–Crippen LogP) is -2.73. The van der Waals surface area contributed by atoms with E-state index in [1.54, 1.807) is 6.92 Å². The van der Waals surface area contributed by atoms with Crippen molar-refractivity contribution in [3.63, 3.8) is 0 Å². The summed E-state index contributed by atoms with van der Waals surface area (Å²) in [6, 6.07) is 0. The average Bonchev–Trinajstić information content (AvgIpc) is 2.93. The molecule has 3 heterocycles. The molecule has 0 bridgehead atoms. The molecule has 40 heavy (non-hydrogen) atoms. The zero-order valence-electron chi connectivity index (χ0n) is 23.1. The number of carbonyl (C=O) groups excluding carboxylic acids is 1. The number of hydrogen-bond acceptors (Lipinski definition) is 15. The fourth-order valence-corrected chi connectivity index (χ4v) is 4.84. The molecular formula is C25H44O15. The van der Waals surface area contributed by atoms with Crippen LogP contribution in [-0.4, -0.2) is 148 Å². The third-order valence-corrected chi connectivity index (χ3v) is 7.49. The third kappa shape index (κ3) is 7.86. The van der Waals surface area contributed by atoms with E-state index in [0.29, 0.717) is 19.3 Å². The fraction of sp³-hybridized carbons (Fsp3) is 0.960. The number of aliphatic hydroxyl groups is 7. The average molecular weight is 585 g/mol. The maximum Gasteiger partial charge on any atom is 0.305 e. The van der Waals surface area contributed by atoms with Gasteiger partial charge in [-0.3, -0.25) is 4.79 Å². The summed E-state index contributed by atoms with van der Waals surface area (Å²) in [5.74, 6) is -0.309. The molecule has 7 N–H and O–H groups in total. The summed E-state index contributed by atoms with van der Waals surface area (Å²) in [6.45, 7) is 4.67. The Bertz CT molecular complexity index is 787. The molecule has 0 radical (unpaired) electrons. The molecular weight excluding hydrogens is 540 g/mol. The highest BCUT2D eigenvalue weighted by Crippen LogP contribution is 2.32. The van der Waals surface area contributed by atoms with Crippen molar-refractivity contribution in [3.8, 4) is 0 Å². The van der Waals surface area contributed by atoms with Crippen LogP contribution in [0.15, 0.2) is 0 Å². The topological polar surface area (TPSA) is 223 Å². The molecule has 0 aromatic rings. The number of ether oxygens (including phenoxy) is 7. The van der Waals surface area contributed by atoms with Crippen LogP contribution in [0, 0.1) is 0 Å². The first kappa shape index (κ1) is 33.5. The van der Waals surface area contributed by atoms with E-state index in [4.69, 9.17) is 28.4 Å². The van der Waals surface area contributed by atoms with Gasteiger partial charge in [-0.05, 0) is 33.6 Å². The smallest absolute Gasteiger partial charge is 0.305 e. The van der Waals surface area contributed by atoms with Gasteiger partial charge in [-0.1, -0.05) is 6.42 Å². The largest absolute Gasteiger partial charge is 0.469 e. The molecule has 3 aliphatic rings. The second-order valence-electron chi connectivity index (χ2n) is 10.5. The lowest BCUT2D eigenvalue weighted by atomic mass is 9.97. The summed E-state index contributed by atoms with van der Waals surface area (Å²) >= 11 is 0. The predicted molar refractivity (Wildman–Crippen MR) is 131 cm³/mol. The highest BCUT2D eigenvalue weighted by atomic mass is 16.8. The van der Waals surface area contributed by atoms with Crippen LogP contribution in [0.25, 0.3) is 0 Å². The molecule has 234 valence electrons. The van der Waals surface area contributed by atoms with Gasteiger partial charge < -0.3 is 68.9 Å². The SMILES string of the molecule is COC(=O)CCCCCO[C@H]1OC(C)[C@@H](O)[C@H](O)C1O[C@H]1OC(C)[C@@H](O)[C@H](O[C@H]2OC(C)[C@@H](O)[C@H](O)C2O)C1O. The zero-order chi connectivity index (χ0) is 29.7. The normalized spacial score (nSPS) is 46.2. The lowest BCUT2D eigenvalue weighted by Gasteiger charge is -2.47. The number of methoxy groups -OCH3 is 1. The summed E-state index contributed by atoms with van der Waals surface area (Å²) in [5.41, 5.74) is 0. The summed E-state index contributed by atoms with van der Waals surface area (Å²) in [7, 11) is 1.32. The molecule has 0 amide bonds. The first-order valence-electron chi connectivity index (χ1n) is 13.6. The van der Waals surface area contributed by atoms with Gasteiger partial charge in [0.15, 0.2) is 18.9 Å². The first-order valence-corrected chi connectivity index (χ1v) is 13.6. The molecule has 3 fully saturated rings. The van der Waals surface area contributed by atoms with Gasteiger partial charge in [0.2, 0.25) is 0 Å². The van der Waals surface area contributed by atoms with E-state index in [1.165, 1.54) is 21.0 Å². The Morgan fingerprint density at radius 1 is 0.600 bits per heavy atom. The van der Waals surface area contributed by atoms with Crippen molar-refractivity contribution >= 4 is 5.97 Å². The Hall–Kier alpha value is -1.05. The van der Waals surface area contributed by atoms with E-state index in [-0.39, 0.29) is 19.0 Å². The Labute approximate surface area is 232 Å². The van der Waals surface area contributed by atoms with Gasteiger partial charge in [0.1, 0.15) is 54.9 Å². The number of rotatable bonds is 11. The highest BCUT2D eigenvalue weighted by molar-refractivity contribution is 5.68. The molecule has 15 heteroatoms. The number of hydrogen-bond donors (Lipinski definition) is 7. The standard InChI is InChI=1S/C25H44O15/c1-10-14(27)17(30)19(32)23(36-10)39-21-16(29)12(3)37-24(20(21)33)40-22-18(31)15(28)11(2)38-25(22)35-9-7-5-6-8-13(26)34-4/h10-12,14-25,27-33H,5-9H2,1-4H3/t10?,11?,12?,14-,15-,16-,17+,18+,19?,20?,21+,22?,23-,24-,25+/m1/s1. The molecule has 0 aromatic heterocycles. The van der Waals surface area contributed by atoms with E-state index in [1.807, 2.05) is 0 Å². The molecule has 0 spiro atoms. The zero-order valence-corrected chi connectivity index (χ0v) is 23.1. The van der Waals surface area contributed by atoms with Crippen molar-refractivity contribution in [2.24, 2.45) is 0 Å². The Balaban J connectivity index is 1.65. The maximum atomic E-state index is 11.3. The molecule has 3 aliphatic heterocycles. The maximum absolute atomic E-state index is 11.3. The monoisotopic (exact) mass is 584 g/mol. The van der Waals surface area contributed by atoms with Crippen molar-refractivity contribution < 1.29 is 73.7 Å². The second-order valence-corrected chi connectivity index (χ2v) is 10.5. The fourth-order valence-electron chi connectivity index (χ4n) is 4.84. The van der Waals surface area contributed by atoms with Gasteiger partial charge in [-0.15, -0.1) is 0 Å². The van der Waals surface area contributed by atoms with Crippen molar-refractivity contribution in [3.05, 3.63) is 0 Å². The Morgan fingerprint density at radius 2 is 1.12 bits per heavy atom. The minimum atomic E-state index is -1.69. The Morgan fingerprint density at radius 3 is 1.75 bits per heavy atom. The number of esters is 1. The minimum Gasteiger partial charge on any atom is -0.469 e. The lowest BCUT2D eigenvalue weighted by molar-refractivity contribution is -0.380. The van der Waals surface area contributed by atoms with Crippen molar-refractivity contribution in [2.75, 3.05) is 13.7 Å². The summed E-state index contributed by atoms with van der Waals surface area (Å²) in [4.78, 5) is 11.3. The molecule has 15 nitrogen and oxygen atoms in total. The summed E-state index contributed by atoms with van der Waals surface area (Å²) in [6.07, 6.45) is -18.1. The van der Waals surface area contributed by atoms with Crippen LogP contribution in [0.2, 0.25) is 0 Å². The number of carbonyl (C=O) groups is 1. The summed E-state index contributed by atoms with van der Waals surface area (Å²) < 4.78 is 38.7. The molecule has 15 atom stereocenters. The molecule has 0 aliphatic carbocycles. The molecule has 6 unspecified atom stereocenters. The van der Waals surface area contributed by atoms with E-state index < -0.39 is 92.1 Å². The lowest BCUT2D eigenvalue weighted by Crippen LogP contribution is -2.65.